The molecule has 0 spiro atoms. The summed E-state index contributed by atoms with van der Waals surface area (Å²) >= 11 is 0. The summed E-state index contributed by atoms with van der Waals surface area (Å²) in [5, 5.41) is 8.88. The van der Waals surface area contributed by atoms with Gasteiger partial charge < -0.3 is 10.0 Å². The van der Waals surface area contributed by atoms with Crippen LogP contribution in [-0.2, 0) is 9.59 Å². The minimum atomic E-state index is -0.858. The maximum atomic E-state index is 11.8. The molecule has 0 aromatic carbocycles. The number of amides is 1. The Bertz CT molecular complexity index is 287. The van der Waals surface area contributed by atoms with Crippen LogP contribution in [0.3, 0.4) is 0 Å². The Labute approximate surface area is 82.9 Å². The first-order chi connectivity index (χ1) is 6.52. The summed E-state index contributed by atoms with van der Waals surface area (Å²) in [4.78, 5) is 24.1. The molecule has 2 fully saturated rings. The average molecular weight is 197 g/mol. The number of rotatable bonds is 2. The molecule has 78 valence electrons. The number of hydrogen-bond donors (Lipinski definition) is 1. The van der Waals surface area contributed by atoms with Crippen molar-refractivity contribution in [3.05, 3.63) is 0 Å². The Kier molecular flexibility index (Phi) is 2.01. The molecule has 2 heterocycles. The Morgan fingerprint density at radius 3 is 2.64 bits per heavy atom. The quantitative estimate of drug-likeness (QED) is 0.704. The molecule has 4 nitrogen and oxygen atoms in total. The van der Waals surface area contributed by atoms with E-state index < -0.39 is 12.0 Å². The lowest BCUT2D eigenvalue weighted by Crippen LogP contribution is -2.44. The first kappa shape index (κ1) is 9.49. The third-order valence-corrected chi connectivity index (χ3v) is 3.41. The van der Waals surface area contributed by atoms with E-state index in [1.165, 1.54) is 4.90 Å². The van der Waals surface area contributed by atoms with Gasteiger partial charge in [-0.3, -0.25) is 4.79 Å². The highest BCUT2D eigenvalue weighted by atomic mass is 16.4. The molecule has 0 radical (unpaired) electrons. The van der Waals surface area contributed by atoms with Crippen LogP contribution in [0.4, 0.5) is 0 Å². The smallest absolute Gasteiger partial charge is 0.326 e. The summed E-state index contributed by atoms with van der Waals surface area (Å²) in [6.45, 7) is 4.71. The third kappa shape index (κ3) is 1.13. The summed E-state index contributed by atoms with van der Waals surface area (Å²) in [6.07, 6.45) is 0.643. The predicted octanol–water partition coefficient (Wildman–Crippen LogP) is 0.574. The topological polar surface area (TPSA) is 57.6 Å². The van der Waals surface area contributed by atoms with Crippen LogP contribution in [0.2, 0.25) is 0 Å². The molecular weight excluding hydrogens is 182 g/mol. The highest BCUT2D eigenvalue weighted by molar-refractivity contribution is 5.89. The second kappa shape index (κ2) is 2.97. The van der Waals surface area contributed by atoms with Gasteiger partial charge in [0.05, 0.1) is 0 Å². The van der Waals surface area contributed by atoms with Gasteiger partial charge in [-0.2, -0.15) is 0 Å². The average Bonchev–Trinajstić information content (AvgIpc) is 2.59. The standard InChI is InChI=1S/C10H15NO3/c1-5(2)8-6-3-7(10(13)14)11(4-6)9(8)12/h5-8H,3-4H2,1-2H3,(H,13,14). The summed E-state index contributed by atoms with van der Waals surface area (Å²) in [6, 6.07) is -0.553. The van der Waals surface area contributed by atoms with Gasteiger partial charge in [0.1, 0.15) is 6.04 Å². The lowest BCUT2D eigenvalue weighted by molar-refractivity contribution is -0.150. The number of carboxylic acid groups (broad SMARTS) is 1. The SMILES string of the molecule is CC(C)C1C(=O)N2CC1CC2C(=O)O. The molecule has 3 unspecified atom stereocenters. The molecule has 4 heteroatoms. The fourth-order valence-electron chi connectivity index (χ4n) is 2.83. The number of carbonyl (C=O) groups is 2. The van der Waals surface area contributed by atoms with E-state index in [0.29, 0.717) is 18.9 Å². The van der Waals surface area contributed by atoms with Gasteiger partial charge >= 0.3 is 5.97 Å². The van der Waals surface area contributed by atoms with Gasteiger partial charge in [0, 0.05) is 12.5 Å². The van der Waals surface area contributed by atoms with Crippen molar-refractivity contribution in [2.75, 3.05) is 6.54 Å². The second-order valence-corrected chi connectivity index (χ2v) is 4.61. The van der Waals surface area contributed by atoms with Crippen molar-refractivity contribution < 1.29 is 14.7 Å². The molecule has 14 heavy (non-hydrogen) atoms. The summed E-state index contributed by atoms with van der Waals surface area (Å²) < 4.78 is 0. The van der Waals surface area contributed by atoms with Gasteiger partial charge in [-0.15, -0.1) is 0 Å². The van der Waals surface area contributed by atoms with Crippen LogP contribution in [0.25, 0.3) is 0 Å². The maximum Gasteiger partial charge on any atom is 0.326 e. The van der Waals surface area contributed by atoms with Gasteiger partial charge in [0.25, 0.3) is 0 Å². The fourth-order valence-corrected chi connectivity index (χ4v) is 2.83. The molecule has 2 aliphatic heterocycles. The Morgan fingerprint density at radius 1 is 1.57 bits per heavy atom. The van der Waals surface area contributed by atoms with Crippen LogP contribution in [0.1, 0.15) is 20.3 Å². The van der Waals surface area contributed by atoms with Crippen LogP contribution in [-0.4, -0.2) is 34.5 Å². The molecule has 2 rings (SSSR count). The van der Waals surface area contributed by atoms with Crippen LogP contribution in [0, 0.1) is 17.8 Å². The summed E-state index contributed by atoms with van der Waals surface area (Å²) in [5.74, 6) is -0.159. The molecule has 0 saturated carbocycles. The molecule has 0 aliphatic carbocycles. The molecule has 1 N–H and O–H groups in total. The van der Waals surface area contributed by atoms with E-state index in [2.05, 4.69) is 0 Å². The van der Waals surface area contributed by atoms with Crippen LogP contribution >= 0.6 is 0 Å². The molecule has 2 saturated heterocycles. The van der Waals surface area contributed by atoms with Crippen molar-refractivity contribution in [3.63, 3.8) is 0 Å². The van der Waals surface area contributed by atoms with Crippen LogP contribution in [0.5, 0.6) is 0 Å². The van der Waals surface area contributed by atoms with E-state index in [1.54, 1.807) is 0 Å². The number of fused-ring (bicyclic) bond motifs is 2. The molecule has 2 bridgehead atoms. The summed E-state index contributed by atoms with van der Waals surface area (Å²) in [7, 11) is 0. The highest BCUT2D eigenvalue weighted by Gasteiger charge is 2.53. The number of piperidine rings is 1. The van der Waals surface area contributed by atoms with Crippen molar-refractivity contribution in [2.24, 2.45) is 17.8 Å². The van der Waals surface area contributed by atoms with Gasteiger partial charge in [-0.25, -0.2) is 4.79 Å². The number of hydrogen-bond acceptors (Lipinski definition) is 2. The Hall–Kier alpha value is -1.06. The van der Waals surface area contributed by atoms with E-state index in [0.717, 1.165) is 0 Å². The highest BCUT2D eigenvalue weighted by Crippen LogP contribution is 2.41. The van der Waals surface area contributed by atoms with Crippen LogP contribution in [0.15, 0.2) is 0 Å². The molecule has 2 aliphatic rings. The predicted molar refractivity (Wildman–Crippen MR) is 49.6 cm³/mol. The second-order valence-electron chi connectivity index (χ2n) is 4.61. The van der Waals surface area contributed by atoms with Gasteiger partial charge in [-0.05, 0) is 18.3 Å². The monoisotopic (exact) mass is 197 g/mol. The van der Waals surface area contributed by atoms with E-state index in [9.17, 15) is 9.59 Å². The first-order valence-corrected chi connectivity index (χ1v) is 5.05. The Morgan fingerprint density at radius 2 is 2.21 bits per heavy atom. The van der Waals surface area contributed by atoms with Crippen molar-refractivity contribution in [1.29, 1.82) is 0 Å². The third-order valence-electron chi connectivity index (χ3n) is 3.41. The largest absolute Gasteiger partial charge is 0.480 e. The maximum absolute atomic E-state index is 11.8. The zero-order valence-corrected chi connectivity index (χ0v) is 8.43. The van der Waals surface area contributed by atoms with Crippen molar-refractivity contribution >= 4 is 11.9 Å². The lowest BCUT2D eigenvalue weighted by atomic mass is 9.81. The minimum absolute atomic E-state index is 0.0450. The van der Waals surface area contributed by atoms with Gasteiger partial charge in [0.15, 0.2) is 0 Å². The van der Waals surface area contributed by atoms with E-state index in [1.807, 2.05) is 13.8 Å². The van der Waals surface area contributed by atoms with E-state index >= 15 is 0 Å². The molecule has 1 amide bonds. The fraction of sp³-hybridized carbons (Fsp3) is 0.800. The number of aliphatic carboxylic acids is 1. The first-order valence-electron chi connectivity index (χ1n) is 5.05. The number of carboxylic acids is 1. The number of carbonyl (C=O) groups excluding carboxylic acids is 1. The zero-order valence-electron chi connectivity index (χ0n) is 8.43. The normalized spacial score (nSPS) is 35.8. The van der Waals surface area contributed by atoms with Gasteiger partial charge in [0.2, 0.25) is 5.91 Å². The molecule has 0 aromatic rings. The van der Waals surface area contributed by atoms with Crippen molar-refractivity contribution in [3.8, 4) is 0 Å². The zero-order chi connectivity index (χ0) is 10.5. The molecule has 0 aromatic heterocycles. The Balaban J connectivity index is 2.18. The van der Waals surface area contributed by atoms with Gasteiger partial charge in [-0.1, -0.05) is 13.8 Å². The van der Waals surface area contributed by atoms with Crippen molar-refractivity contribution in [1.82, 2.24) is 4.90 Å². The van der Waals surface area contributed by atoms with E-state index in [4.69, 9.17) is 5.11 Å². The van der Waals surface area contributed by atoms with E-state index in [-0.39, 0.29) is 17.7 Å². The molecular formula is C10H15NO3. The molecule has 3 atom stereocenters. The summed E-state index contributed by atoms with van der Waals surface area (Å²) in [5.41, 5.74) is 0. The number of nitrogens with zero attached hydrogens (tertiary/aromatic N) is 1. The van der Waals surface area contributed by atoms with Crippen molar-refractivity contribution in [2.45, 2.75) is 26.3 Å². The minimum Gasteiger partial charge on any atom is -0.480 e. The van der Waals surface area contributed by atoms with Crippen LogP contribution < -0.4 is 0 Å². The lowest BCUT2D eigenvalue weighted by Gasteiger charge is -2.28.